The Bertz CT molecular complexity index is 4770. The number of hydrogen-bond acceptors (Lipinski definition) is 23. The Morgan fingerprint density at radius 1 is 0.573 bits per heavy atom. The first kappa shape index (κ1) is 65.2. The monoisotopic (exact) mass is 1390 g/mol. The van der Waals surface area contributed by atoms with Gasteiger partial charge in [0.05, 0.1) is 34.0 Å². The van der Waals surface area contributed by atoms with Crippen molar-refractivity contribution < 1.29 is 24.0 Å². The normalized spacial score (nSPS) is 14.3. The second-order valence-corrected chi connectivity index (χ2v) is 28.9. The molecule has 0 atom stereocenters. The number of aromatic nitrogens is 16. The maximum absolute atomic E-state index is 11.9. The third-order valence-corrected chi connectivity index (χ3v) is 20.9. The maximum atomic E-state index is 11.9. The molecule has 0 unspecified atom stereocenters. The molecule has 0 saturated heterocycles. The molecule has 12 aromatic rings. The lowest BCUT2D eigenvalue weighted by atomic mass is 10.2. The highest BCUT2D eigenvalue weighted by Gasteiger charge is 2.29. The number of aryl methyl sites for hydroxylation is 2. The van der Waals surface area contributed by atoms with Crippen LogP contribution in [0.4, 0.5) is 46.5 Å². The number of ether oxygens (including phenoxy) is 1. The highest BCUT2D eigenvalue weighted by molar-refractivity contribution is 7.91. The van der Waals surface area contributed by atoms with Crippen LogP contribution in [0.25, 0.3) is 49.6 Å². The lowest BCUT2D eigenvalue weighted by Gasteiger charge is -2.08. The summed E-state index contributed by atoms with van der Waals surface area (Å²) in [5.74, 6) is 10.7. The summed E-state index contributed by atoms with van der Waals surface area (Å²) in [4.78, 5) is 39.4. The summed E-state index contributed by atoms with van der Waals surface area (Å²) in [5, 5.41) is 54.0. The zero-order valence-corrected chi connectivity index (χ0v) is 56.7. The molecule has 0 radical (unpaired) electrons. The molecule has 4 aliphatic carbocycles. The van der Waals surface area contributed by atoms with E-state index < -0.39 is 10.0 Å². The van der Waals surface area contributed by atoms with Gasteiger partial charge in [0, 0.05) is 129 Å². The molecule has 0 spiro atoms. The summed E-state index contributed by atoms with van der Waals surface area (Å²) in [6.07, 6.45) is 20.7. The Kier molecular flexibility index (Phi) is 20.2. The van der Waals surface area contributed by atoms with Gasteiger partial charge >= 0.3 is 0 Å². The fourth-order valence-corrected chi connectivity index (χ4v) is 13.4. The van der Waals surface area contributed by atoms with Crippen LogP contribution in [0.15, 0.2) is 131 Å². The average molecular weight is 1390 g/mol. The van der Waals surface area contributed by atoms with Gasteiger partial charge in [-0.1, -0.05) is 60.2 Å². The van der Waals surface area contributed by atoms with E-state index in [2.05, 4.69) is 114 Å². The van der Waals surface area contributed by atoms with Crippen LogP contribution >= 0.6 is 45.6 Å². The van der Waals surface area contributed by atoms with Crippen LogP contribution in [0, 0.1) is 13.8 Å². The minimum atomic E-state index is -3.49. The van der Waals surface area contributed by atoms with Crippen molar-refractivity contribution in [3.63, 3.8) is 0 Å². The van der Waals surface area contributed by atoms with Crippen molar-refractivity contribution in [2.75, 3.05) is 42.0 Å². The summed E-state index contributed by atoms with van der Waals surface area (Å²) in [6.45, 7) is 4.54. The Hall–Kier alpha value is -9.46. The first-order valence-corrected chi connectivity index (χ1v) is 35.5. The van der Waals surface area contributed by atoms with Crippen molar-refractivity contribution in [1.82, 2.24) is 85.4 Å². The number of anilines is 8. The topological polar surface area (TPSA) is 342 Å². The molecule has 0 aliphatic heterocycles. The number of aromatic amines is 4. The molecule has 10 N–H and O–H groups in total. The summed E-state index contributed by atoms with van der Waals surface area (Å²) in [6, 6.07) is 29.1. The number of halogens is 1. The molecule has 30 heteroatoms. The second kappa shape index (κ2) is 29.7. The number of sulfonamides is 1. The highest BCUT2D eigenvalue weighted by atomic mass is 35.5. The van der Waals surface area contributed by atoms with Gasteiger partial charge in [-0.05, 0) is 108 Å². The van der Waals surface area contributed by atoms with E-state index in [9.17, 15) is 13.5 Å². The average Bonchev–Trinajstić information content (AvgIpc) is 1.71. The van der Waals surface area contributed by atoms with E-state index in [1.54, 1.807) is 30.7 Å². The summed E-state index contributed by atoms with van der Waals surface area (Å²) in [7, 11) is -0.456. The van der Waals surface area contributed by atoms with Crippen molar-refractivity contribution in [3.8, 4) is 43.5 Å². The number of hydrogen-bond donors (Lipinski definition) is 10. The van der Waals surface area contributed by atoms with Crippen LogP contribution in [-0.4, -0.2) is 115 Å². The molecule has 11 aromatic heterocycles. The Morgan fingerprint density at radius 3 is 1.53 bits per heavy atom. The number of thiophene rings is 3. The van der Waals surface area contributed by atoms with Crippen LogP contribution in [0.3, 0.4) is 0 Å². The standard InChI is InChI=1S/C20H21N5O.C16H17N5OS.C15H15ClN6O2S2.C15H15N5S.4H2/c1-26-11-5-8-16-13-21-19(15-6-3-2-4-7-15)23-20(16)22-18-12-17(24-25-18)14-9-10-14;1-9-7-17-16(13-5-4-11(8-22)23-13)19-15(9)18-14-6-12(20-21-14)10-2-3-10;1-17-26(23,24)13-5-4-11(25-13)15-18-7-9(16)14(20-15)19-12-6-10(21-22-12)8-2-3-8;1-9-8-16-15(12-3-2-6-21-12)18-14(9)17-13-7-11(19-20-13)10-4-5-10;;;;/h2-8,12-14H,9-11H2,1H3,(H2,21,22,23,24,25);4-7,10,22H,2-3,8H2,1H3,(H2,17,18,19,20,21);4-8,17H,2-3H2,1H3,(H2,18,19,20,21,22);2-3,6-8,10H,4-5H2,1H3,(H2,16,17,18,19,20);4*1H/b8-5+;;;;;;;. The number of aliphatic hydroxyl groups is 1. The SMILES string of the molecule is CNS(=O)(=O)c1ccc(-c2ncc(Cl)c(Nc3cc(C4CC4)[nH]n3)n2)s1.COC/C=C/c1cnc(-c2ccccc2)nc1Nc1cc(C2CC2)[nH]n1.Cc1cnc(-c2ccc(CO)s2)nc1Nc1cc(C2CC2)[nH]n1.Cc1cnc(-c2cccs2)nc1Nc1cc(C2CC2)[nH]n1.[HH].[HH].[HH].[HH]. The number of H-pyrrole nitrogens is 4. The minimum absolute atomic E-state index is 0. The number of aliphatic hydroxyl groups excluding tert-OH is 1. The second-order valence-electron chi connectivity index (χ2n) is 23.2. The summed E-state index contributed by atoms with van der Waals surface area (Å²) >= 11 is 10.4. The van der Waals surface area contributed by atoms with Gasteiger partial charge in [0.1, 0.15) is 26.7 Å². The number of nitrogens with one attached hydrogen (secondary N) is 9. The van der Waals surface area contributed by atoms with E-state index in [-0.39, 0.29) is 16.5 Å². The van der Waals surface area contributed by atoms with Crippen molar-refractivity contribution in [1.29, 1.82) is 0 Å². The van der Waals surface area contributed by atoms with E-state index in [0.717, 1.165) is 94.6 Å². The lowest BCUT2D eigenvalue weighted by molar-refractivity contribution is 0.234. The van der Waals surface area contributed by atoms with Gasteiger partial charge in [0.15, 0.2) is 52.4 Å². The zero-order valence-electron chi connectivity index (χ0n) is 52.6. The van der Waals surface area contributed by atoms with Crippen LogP contribution in [0.2, 0.25) is 5.02 Å². The van der Waals surface area contributed by atoms with Crippen LogP contribution in [-0.2, 0) is 21.4 Å². The van der Waals surface area contributed by atoms with Gasteiger partial charge in [-0.15, -0.1) is 34.0 Å². The quantitative estimate of drug-likeness (QED) is 0.0301. The van der Waals surface area contributed by atoms with Gasteiger partial charge in [-0.25, -0.2) is 53.0 Å². The first-order valence-electron chi connectivity index (χ1n) is 31.2. The predicted octanol–water partition coefficient (Wildman–Crippen LogP) is 15.4. The van der Waals surface area contributed by atoms with Crippen molar-refractivity contribution in [2.24, 2.45) is 0 Å². The van der Waals surface area contributed by atoms with E-state index >= 15 is 0 Å². The Morgan fingerprint density at radius 2 is 1.04 bits per heavy atom. The smallest absolute Gasteiger partial charge is 0.249 e. The van der Waals surface area contributed by atoms with E-state index in [0.29, 0.717) is 69.3 Å². The van der Waals surface area contributed by atoms with Gasteiger partial charge in [0.2, 0.25) is 10.0 Å². The van der Waals surface area contributed by atoms with Crippen molar-refractivity contribution >= 4 is 108 Å². The number of nitrogens with zero attached hydrogens (tertiary/aromatic N) is 12. The largest absolute Gasteiger partial charge is 0.391 e. The Balaban J connectivity index is 0.000000154. The number of methoxy groups -OCH3 is 1. The van der Waals surface area contributed by atoms with Crippen LogP contribution in [0.5, 0.6) is 0 Å². The molecule has 96 heavy (non-hydrogen) atoms. The lowest BCUT2D eigenvalue weighted by Crippen LogP contribution is -2.17. The molecule has 0 bridgehead atoms. The van der Waals surface area contributed by atoms with Crippen molar-refractivity contribution in [2.45, 2.75) is 99.7 Å². The van der Waals surface area contributed by atoms with Crippen molar-refractivity contribution in [3.05, 3.63) is 177 Å². The summed E-state index contributed by atoms with van der Waals surface area (Å²) in [5.41, 5.74) is 8.50. The third kappa shape index (κ3) is 16.8. The predicted molar refractivity (Wildman–Crippen MR) is 385 cm³/mol. The van der Waals surface area contributed by atoms with E-state index in [4.69, 9.17) is 21.3 Å². The van der Waals surface area contributed by atoms with Crippen LogP contribution < -0.4 is 26.0 Å². The number of benzene rings is 1. The molecule has 4 fully saturated rings. The zero-order chi connectivity index (χ0) is 66.1. The third-order valence-electron chi connectivity index (χ3n) is 15.7. The summed E-state index contributed by atoms with van der Waals surface area (Å²) < 4.78 is 31.3. The van der Waals surface area contributed by atoms with E-state index in [1.165, 1.54) is 99.1 Å². The molecule has 500 valence electrons. The molecule has 4 aliphatic rings. The molecule has 16 rings (SSSR count). The highest BCUT2D eigenvalue weighted by Crippen LogP contribution is 2.43. The molecule has 4 saturated carbocycles. The van der Waals surface area contributed by atoms with E-state index in [1.807, 2.05) is 111 Å². The van der Waals surface area contributed by atoms with Crippen LogP contribution in [0.1, 0.15) is 125 Å². The molecular formula is C66H76ClN21O4S4. The molecule has 11 heterocycles. The minimum Gasteiger partial charge on any atom is -0.391 e. The van der Waals surface area contributed by atoms with Gasteiger partial charge < -0.3 is 31.1 Å². The fourth-order valence-electron chi connectivity index (χ4n) is 9.73. The first-order chi connectivity index (χ1) is 46.8. The van der Waals surface area contributed by atoms with Gasteiger partial charge in [-0.2, -0.15) is 20.4 Å². The number of rotatable bonds is 22. The molecule has 1 aromatic carbocycles. The Labute approximate surface area is 576 Å². The molecular weight excluding hydrogens is 1310 g/mol. The maximum Gasteiger partial charge on any atom is 0.249 e. The van der Waals surface area contributed by atoms with Gasteiger partial charge in [0.25, 0.3) is 0 Å². The fraction of sp³-hybridized carbons (Fsp3) is 0.273. The molecule has 25 nitrogen and oxygen atoms in total. The molecule has 0 amide bonds. The van der Waals surface area contributed by atoms with Gasteiger partial charge in [-0.3, -0.25) is 20.4 Å².